The van der Waals surface area contributed by atoms with Gasteiger partial charge in [-0.05, 0) is 31.2 Å². The number of hydrogen-bond donors (Lipinski definition) is 1. The fraction of sp³-hybridized carbons (Fsp3) is 0.500. The standard InChI is InChI=1S/C14H20BrNO3/c1-3-7-16-10-11-9-12(15)4-5-13(11)19-8-6-14(17)18-2/h4-5,9,16H,3,6-8,10H2,1-2H3. The molecular weight excluding hydrogens is 310 g/mol. The van der Waals surface area contributed by atoms with Crippen LogP contribution in [-0.2, 0) is 16.1 Å². The summed E-state index contributed by atoms with van der Waals surface area (Å²) in [7, 11) is 1.38. The minimum atomic E-state index is -0.261. The van der Waals surface area contributed by atoms with Crippen molar-refractivity contribution in [2.75, 3.05) is 20.3 Å². The smallest absolute Gasteiger partial charge is 0.308 e. The van der Waals surface area contributed by atoms with Crippen LogP contribution in [-0.4, -0.2) is 26.2 Å². The molecule has 0 spiro atoms. The monoisotopic (exact) mass is 329 g/mol. The second kappa shape index (κ2) is 8.93. The Balaban J connectivity index is 2.57. The van der Waals surface area contributed by atoms with Crippen LogP contribution in [0.25, 0.3) is 0 Å². The number of halogens is 1. The van der Waals surface area contributed by atoms with Crippen LogP contribution in [0.5, 0.6) is 5.75 Å². The van der Waals surface area contributed by atoms with Crippen molar-refractivity contribution in [2.24, 2.45) is 0 Å². The molecule has 5 heteroatoms. The number of hydrogen-bond acceptors (Lipinski definition) is 4. The van der Waals surface area contributed by atoms with Crippen LogP contribution in [0.2, 0.25) is 0 Å². The first-order valence-corrected chi connectivity index (χ1v) is 7.15. The molecule has 0 heterocycles. The lowest BCUT2D eigenvalue weighted by atomic mass is 10.2. The maximum Gasteiger partial charge on any atom is 0.308 e. The quantitative estimate of drug-likeness (QED) is 0.588. The van der Waals surface area contributed by atoms with E-state index in [9.17, 15) is 4.79 Å². The van der Waals surface area contributed by atoms with E-state index in [0.717, 1.165) is 35.3 Å². The van der Waals surface area contributed by atoms with Gasteiger partial charge in [0.05, 0.1) is 20.1 Å². The molecule has 0 aliphatic heterocycles. The van der Waals surface area contributed by atoms with Gasteiger partial charge >= 0.3 is 5.97 Å². The zero-order chi connectivity index (χ0) is 14.1. The van der Waals surface area contributed by atoms with E-state index in [1.807, 2.05) is 18.2 Å². The maximum atomic E-state index is 11.0. The van der Waals surface area contributed by atoms with Crippen LogP contribution in [0.3, 0.4) is 0 Å². The summed E-state index contributed by atoms with van der Waals surface area (Å²) < 4.78 is 11.2. The molecule has 0 atom stereocenters. The third-order valence-corrected chi connectivity index (χ3v) is 3.05. The molecule has 1 aromatic rings. The molecule has 106 valence electrons. The third kappa shape index (κ3) is 6.07. The summed E-state index contributed by atoms with van der Waals surface area (Å²) in [6.07, 6.45) is 1.35. The number of nitrogens with one attached hydrogen (secondary N) is 1. The van der Waals surface area contributed by atoms with E-state index in [4.69, 9.17) is 4.74 Å². The van der Waals surface area contributed by atoms with Gasteiger partial charge in [-0.3, -0.25) is 4.79 Å². The fourth-order valence-corrected chi connectivity index (χ4v) is 1.98. The highest BCUT2D eigenvalue weighted by atomic mass is 79.9. The van der Waals surface area contributed by atoms with Gasteiger partial charge < -0.3 is 14.8 Å². The van der Waals surface area contributed by atoms with Crippen LogP contribution in [0.15, 0.2) is 22.7 Å². The van der Waals surface area contributed by atoms with Gasteiger partial charge in [-0.25, -0.2) is 0 Å². The summed E-state index contributed by atoms with van der Waals surface area (Å²) in [5, 5.41) is 3.34. The van der Waals surface area contributed by atoms with Crippen LogP contribution < -0.4 is 10.1 Å². The molecule has 0 amide bonds. The molecule has 1 N–H and O–H groups in total. The van der Waals surface area contributed by atoms with Gasteiger partial charge in [0.2, 0.25) is 0 Å². The molecule has 0 aromatic heterocycles. The van der Waals surface area contributed by atoms with Crippen molar-refractivity contribution >= 4 is 21.9 Å². The second-order valence-electron chi connectivity index (χ2n) is 4.10. The van der Waals surface area contributed by atoms with Gasteiger partial charge in [0.25, 0.3) is 0 Å². The summed E-state index contributed by atoms with van der Waals surface area (Å²) in [4.78, 5) is 11.0. The van der Waals surface area contributed by atoms with Gasteiger partial charge in [0, 0.05) is 16.6 Å². The van der Waals surface area contributed by atoms with Crippen molar-refractivity contribution in [3.63, 3.8) is 0 Å². The number of carbonyl (C=O) groups is 1. The van der Waals surface area contributed by atoms with Crippen molar-refractivity contribution in [1.82, 2.24) is 5.32 Å². The molecule has 1 aromatic carbocycles. The first-order valence-electron chi connectivity index (χ1n) is 6.36. The SMILES string of the molecule is CCCNCc1cc(Br)ccc1OCCC(=O)OC. The number of benzene rings is 1. The average Bonchev–Trinajstić information content (AvgIpc) is 2.41. The number of rotatable bonds is 8. The Bertz CT molecular complexity index is 410. The lowest BCUT2D eigenvalue weighted by Crippen LogP contribution is -2.15. The first-order chi connectivity index (χ1) is 9.17. The minimum Gasteiger partial charge on any atom is -0.493 e. The molecule has 0 unspecified atom stereocenters. The Morgan fingerprint density at radius 1 is 1.42 bits per heavy atom. The Morgan fingerprint density at radius 3 is 2.89 bits per heavy atom. The number of ether oxygens (including phenoxy) is 2. The molecule has 19 heavy (non-hydrogen) atoms. The van der Waals surface area contributed by atoms with E-state index in [0.29, 0.717) is 6.61 Å². The summed E-state index contributed by atoms with van der Waals surface area (Å²) in [5.74, 6) is 0.540. The van der Waals surface area contributed by atoms with Crippen LogP contribution >= 0.6 is 15.9 Å². The van der Waals surface area contributed by atoms with Crippen molar-refractivity contribution in [3.8, 4) is 5.75 Å². The second-order valence-corrected chi connectivity index (χ2v) is 5.02. The minimum absolute atomic E-state index is 0.258. The zero-order valence-electron chi connectivity index (χ0n) is 11.4. The third-order valence-electron chi connectivity index (χ3n) is 2.56. The molecule has 0 bridgehead atoms. The summed E-state index contributed by atoms with van der Waals surface area (Å²) in [6, 6.07) is 5.86. The van der Waals surface area contributed by atoms with Gasteiger partial charge in [0.1, 0.15) is 5.75 Å². The van der Waals surface area contributed by atoms with Crippen molar-refractivity contribution in [2.45, 2.75) is 26.3 Å². The predicted octanol–water partition coefficient (Wildman–Crippen LogP) is 2.89. The summed E-state index contributed by atoms with van der Waals surface area (Å²) >= 11 is 3.45. The molecule has 0 saturated carbocycles. The van der Waals surface area contributed by atoms with E-state index >= 15 is 0 Å². The highest BCUT2D eigenvalue weighted by Crippen LogP contribution is 2.23. The predicted molar refractivity (Wildman–Crippen MR) is 78.3 cm³/mol. The summed E-state index contributed by atoms with van der Waals surface area (Å²) in [5.41, 5.74) is 1.08. The van der Waals surface area contributed by atoms with E-state index in [2.05, 4.69) is 32.9 Å². The van der Waals surface area contributed by atoms with Crippen LogP contribution in [0, 0.1) is 0 Å². The highest BCUT2D eigenvalue weighted by molar-refractivity contribution is 9.10. The van der Waals surface area contributed by atoms with Gasteiger partial charge in [-0.15, -0.1) is 0 Å². The van der Waals surface area contributed by atoms with Crippen molar-refractivity contribution in [1.29, 1.82) is 0 Å². The van der Waals surface area contributed by atoms with E-state index in [1.54, 1.807) is 0 Å². The number of methoxy groups -OCH3 is 1. The summed E-state index contributed by atoms with van der Waals surface area (Å²) in [6.45, 7) is 4.17. The van der Waals surface area contributed by atoms with Crippen molar-refractivity contribution < 1.29 is 14.3 Å². The molecule has 0 radical (unpaired) electrons. The molecule has 0 saturated heterocycles. The molecule has 0 aliphatic rings. The largest absolute Gasteiger partial charge is 0.493 e. The molecule has 0 aliphatic carbocycles. The number of esters is 1. The van der Waals surface area contributed by atoms with Crippen LogP contribution in [0.1, 0.15) is 25.3 Å². The topological polar surface area (TPSA) is 47.6 Å². The zero-order valence-corrected chi connectivity index (χ0v) is 13.0. The number of carbonyl (C=O) groups excluding carboxylic acids is 1. The van der Waals surface area contributed by atoms with E-state index < -0.39 is 0 Å². The van der Waals surface area contributed by atoms with E-state index in [1.165, 1.54) is 7.11 Å². The van der Waals surface area contributed by atoms with Crippen molar-refractivity contribution in [3.05, 3.63) is 28.2 Å². The van der Waals surface area contributed by atoms with Gasteiger partial charge in [-0.2, -0.15) is 0 Å². The van der Waals surface area contributed by atoms with Gasteiger partial charge in [0.15, 0.2) is 0 Å². The molecular formula is C14H20BrNO3. The normalized spacial score (nSPS) is 10.3. The van der Waals surface area contributed by atoms with Crippen LogP contribution in [0.4, 0.5) is 0 Å². The van der Waals surface area contributed by atoms with E-state index in [-0.39, 0.29) is 12.4 Å². The highest BCUT2D eigenvalue weighted by Gasteiger charge is 2.06. The lowest BCUT2D eigenvalue weighted by Gasteiger charge is -2.12. The average molecular weight is 330 g/mol. The Morgan fingerprint density at radius 2 is 2.21 bits per heavy atom. The lowest BCUT2D eigenvalue weighted by molar-refractivity contribution is -0.141. The Hall–Kier alpha value is -1.07. The maximum absolute atomic E-state index is 11.0. The Kier molecular flexibility index (Phi) is 7.52. The van der Waals surface area contributed by atoms with Gasteiger partial charge in [-0.1, -0.05) is 22.9 Å². The molecule has 1 rings (SSSR count). The molecule has 4 nitrogen and oxygen atoms in total. The molecule has 0 fully saturated rings. The Labute approximate surface area is 122 Å². The first kappa shape index (κ1) is 16.0. The fourth-order valence-electron chi connectivity index (χ4n) is 1.57.